The number of tetrazole rings is 1. The molecular formula is C14H22N8O7S. The molecule has 3 saturated heterocycles. The highest BCUT2D eigenvalue weighted by molar-refractivity contribution is 7.80. The van der Waals surface area contributed by atoms with Gasteiger partial charge in [-0.2, -0.15) is 13.5 Å². The van der Waals surface area contributed by atoms with Gasteiger partial charge in [-0.1, -0.05) is 0 Å². The van der Waals surface area contributed by atoms with Gasteiger partial charge < -0.3 is 10.2 Å². The molecule has 0 spiro atoms. The Morgan fingerprint density at radius 3 is 2.97 bits per heavy atom. The zero-order valence-corrected chi connectivity index (χ0v) is 16.6. The minimum atomic E-state index is -4.83. The second kappa shape index (κ2) is 8.38. The Bertz CT molecular complexity index is 881. The third kappa shape index (κ3) is 4.67. The lowest BCUT2D eigenvalue weighted by Gasteiger charge is -2.29. The van der Waals surface area contributed by atoms with Crippen LogP contribution in [0.1, 0.15) is 19.3 Å². The summed E-state index contributed by atoms with van der Waals surface area (Å²) in [6.07, 6.45) is 3.04. The van der Waals surface area contributed by atoms with Crippen LogP contribution >= 0.6 is 0 Å². The van der Waals surface area contributed by atoms with Crippen molar-refractivity contribution in [3.8, 4) is 0 Å². The van der Waals surface area contributed by atoms with E-state index < -0.39 is 34.4 Å². The maximum Gasteiger partial charge on any atom is 0.418 e. The van der Waals surface area contributed by atoms with Gasteiger partial charge in [0.2, 0.25) is 0 Å². The molecule has 2 bridgehead atoms. The van der Waals surface area contributed by atoms with Crippen LogP contribution in [0.25, 0.3) is 0 Å². The van der Waals surface area contributed by atoms with E-state index in [0.717, 1.165) is 13.0 Å². The van der Waals surface area contributed by atoms with Crippen molar-refractivity contribution in [2.75, 3.05) is 19.7 Å². The van der Waals surface area contributed by atoms with Crippen LogP contribution in [0.2, 0.25) is 0 Å². The number of carbonyl (C=O) groups excluding carboxylic acids is 2. The number of piperidine rings is 1. The average molecular weight is 446 g/mol. The summed E-state index contributed by atoms with van der Waals surface area (Å²) in [5.41, 5.74) is 2.37. The van der Waals surface area contributed by atoms with E-state index in [0.29, 0.717) is 30.4 Å². The van der Waals surface area contributed by atoms with E-state index in [9.17, 15) is 18.0 Å². The van der Waals surface area contributed by atoms with Gasteiger partial charge in [-0.25, -0.2) is 15.0 Å². The first kappa shape index (κ1) is 20.9. The van der Waals surface area contributed by atoms with Crippen LogP contribution in [0.15, 0.2) is 6.33 Å². The Labute approximate surface area is 171 Å². The van der Waals surface area contributed by atoms with Crippen molar-refractivity contribution in [1.29, 1.82) is 0 Å². The van der Waals surface area contributed by atoms with Gasteiger partial charge >= 0.3 is 16.4 Å². The van der Waals surface area contributed by atoms with Gasteiger partial charge in [0.25, 0.3) is 5.91 Å². The third-order valence-electron chi connectivity index (χ3n) is 5.41. The molecular weight excluding hydrogens is 424 g/mol. The lowest BCUT2D eigenvalue weighted by Crippen LogP contribution is -2.50. The zero-order chi connectivity index (χ0) is 21.3. The molecule has 0 unspecified atom stereocenters. The fourth-order valence-corrected chi connectivity index (χ4v) is 4.47. The van der Waals surface area contributed by atoms with Gasteiger partial charge in [0.15, 0.2) is 0 Å². The predicted molar refractivity (Wildman–Crippen MR) is 95.2 cm³/mol. The molecule has 0 aliphatic carbocycles. The number of fused-ring (bicyclic) bond motifs is 2. The number of rotatable bonds is 8. The monoisotopic (exact) mass is 446 g/mol. The van der Waals surface area contributed by atoms with Crippen LogP contribution in [0, 0.1) is 5.92 Å². The second-order valence-electron chi connectivity index (χ2n) is 7.53. The number of nitrogens with zero attached hydrogens (tertiary/aromatic N) is 6. The lowest BCUT2D eigenvalue weighted by atomic mass is 10.0. The van der Waals surface area contributed by atoms with E-state index >= 15 is 0 Å². The summed E-state index contributed by atoms with van der Waals surface area (Å²) in [6.45, 7) is 1.83. The number of hydroxylamine groups is 3. The number of carbonyl (C=O) groups is 2. The fourth-order valence-electron chi connectivity index (χ4n) is 4.08. The highest BCUT2D eigenvalue weighted by Crippen LogP contribution is 2.30. The molecule has 3 amide bonds. The standard InChI is InChI=1S/C14H22N8O7S/c23-13(12-2-1-11-6-21(12)14(24)22(11)29-30(25,26)27)17-28-7-10-3-9(4-15-10)5-20-8-16-18-19-20/h8-12,15H,1-7H2,(H,17,23)(H,25,26,27)/t9-,10+,11-,12+/m1/s1. The summed E-state index contributed by atoms with van der Waals surface area (Å²) in [5.74, 6) is -0.164. The maximum atomic E-state index is 12.5. The number of aromatic nitrogens is 4. The average Bonchev–Trinajstić information content (AvgIpc) is 3.40. The van der Waals surface area contributed by atoms with Gasteiger partial charge in [-0.15, -0.1) is 9.38 Å². The Morgan fingerprint density at radius 2 is 2.23 bits per heavy atom. The summed E-state index contributed by atoms with van der Waals surface area (Å²) in [5, 5.41) is 14.9. The Kier molecular flexibility index (Phi) is 5.83. The van der Waals surface area contributed by atoms with Gasteiger partial charge in [-0.05, 0) is 35.6 Å². The zero-order valence-electron chi connectivity index (χ0n) is 15.8. The van der Waals surface area contributed by atoms with Crippen molar-refractivity contribution in [2.45, 2.75) is 43.9 Å². The van der Waals surface area contributed by atoms with Crippen LogP contribution in [-0.2, 0) is 30.9 Å². The number of hydrogen-bond donors (Lipinski definition) is 3. The summed E-state index contributed by atoms with van der Waals surface area (Å²) < 4.78 is 36.7. The molecule has 0 aromatic carbocycles. The minimum absolute atomic E-state index is 0.0505. The van der Waals surface area contributed by atoms with Crippen molar-refractivity contribution < 1.29 is 31.7 Å². The molecule has 16 heteroatoms. The molecule has 3 aliphatic rings. The van der Waals surface area contributed by atoms with E-state index in [-0.39, 0.29) is 19.2 Å². The second-order valence-corrected chi connectivity index (χ2v) is 8.53. The molecule has 15 nitrogen and oxygen atoms in total. The molecule has 3 N–H and O–H groups in total. The van der Waals surface area contributed by atoms with E-state index in [1.165, 1.54) is 4.90 Å². The predicted octanol–water partition coefficient (Wildman–Crippen LogP) is -2.30. The van der Waals surface area contributed by atoms with E-state index in [1.807, 2.05) is 0 Å². The van der Waals surface area contributed by atoms with Crippen molar-refractivity contribution in [3.05, 3.63) is 6.33 Å². The quantitative estimate of drug-likeness (QED) is 0.288. The first-order valence-corrected chi connectivity index (χ1v) is 10.8. The Morgan fingerprint density at radius 1 is 1.40 bits per heavy atom. The molecule has 0 saturated carbocycles. The number of urea groups is 1. The van der Waals surface area contributed by atoms with Crippen LogP contribution in [0.5, 0.6) is 0 Å². The summed E-state index contributed by atoms with van der Waals surface area (Å²) >= 11 is 0. The van der Waals surface area contributed by atoms with E-state index in [2.05, 4.69) is 30.6 Å². The molecule has 0 radical (unpaired) electrons. The smallest absolute Gasteiger partial charge is 0.311 e. The van der Waals surface area contributed by atoms with Gasteiger partial charge in [0, 0.05) is 25.7 Å². The Hall–Kier alpha value is -2.40. The van der Waals surface area contributed by atoms with Gasteiger partial charge in [0.05, 0.1) is 12.6 Å². The van der Waals surface area contributed by atoms with Crippen molar-refractivity contribution in [1.82, 2.24) is 41.0 Å². The summed E-state index contributed by atoms with van der Waals surface area (Å²) in [7, 11) is -4.83. The van der Waals surface area contributed by atoms with Crippen molar-refractivity contribution in [3.63, 3.8) is 0 Å². The molecule has 166 valence electrons. The topological polar surface area (TPSA) is 181 Å². The lowest BCUT2D eigenvalue weighted by molar-refractivity contribution is -0.139. The molecule has 4 heterocycles. The van der Waals surface area contributed by atoms with Crippen LogP contribution in [0.3, 0.4) is 0 Å². The molecule has 3 aliphatic heterocycles. The summed E-state index contributed by atoms with van der Waals surface area (Å²) in [6, 6.07) is -2.11. The molecule has 1 aromatic rings. The minimum Gasteiger partial charge on any atom is -0.311 e. The maximum absolute atomic E-state index is 12.5. The number of amides is 3. The Balaban J connectivity index is 1.22. The SMILES string of the molecule is O=C(NOC[C@@H]1C[C@@H](Cn2cnnn2)CN1)[C@@H]1CC[C@@H]2CN1C(=O)N2OS(=O)(=O)O. The first-order chi connectivity index (χ1) is 14.3. The molecule has 1 aromatic heterocycles. The van der Waals surface area contributed by atoms with Crippen LogP contribution < -0.4 is 10.8 Å². The largest absolute Gasteiger partial charge is 0.418 e. The normalized spacial score (nSPS) is 28.9. The fraction of sp³-hybridized carbons (Fsp3) is 0.786. The first-order valence-electron chi connectivity index (χ1n) is 9.43. The third-order valence-corrected chi connectivity index (χ3v) is 5.76. The number of hydrogen-bond acceptors (Lipinski definition) is 10. The van der Waals surface area contributed by atoms with Gasteiger partial charge in [-0.3, -0.25) is 14.2 Å². The molecule has 30 heavy (non-hydrogen) atoms. The molecule has 3 fully saturated rings. The molecule has 4 rings (SSSR count). The highest BCUT2D eigenvalue weighted by Gasteiger charge is 2.49. The summed E-state index contributed by atoms with van der Waals surface area (Å²) in [4.78, 5) is 31.3. The van der Waals surface area contributed by atoms with Crippen molar-refractivity contribution in [2.24, 2.45) is 5.92 Å². The highest BCUT2D eigenvalue weighted by atomic mass is 32.3. The van der Waals surface area contributed by atoms with Gasteiger partial charge in [0.1, 0.15) is 12.4 Å². The van der Waals surface area contributed by atoms with E-state index in [1.54, 1.807) is 11.0 Å². The van der Waals surface area contributed by atoms with Crippen LogP contribution in [-0.4, -0.2) is 92.9 Å². The molecule has 4 atom stereocenters. The van der Waals surface area contributed by atoms with Crippen LogP contribution in [0.4, 0.5) is 4.79 Å². The van der Waals surface area contributed by atoms with E-state index in [4.69, 9.17) is 9.39 Å². The van der Waals surface area contributed by atoms with Crippen molar-refractivity contribution >= 4 is 22.3 Å². The number of nitrogens with one attached hydrogen (secondary N) is 2.